The third-order valence-electron chi connectivity index (χ3n) is 6.58. The number of hydrogen-bond acceptors (Lipinski definition) is 5. The lowest BCUT2D eigenvalue weighted by Crippen LogP contribution is -2.43. The van der Waals surface area contributed by atoms with E-state index >= 15 is 0 Å². The number of likely N-dealkylation sites (tertiary alicyclic amines) is 1. The maximum atomic E-state index is 12.6. The average molecular weight is 418 g/mol. The molecule has 2 aromatic rings. The van der Waals surface area contributed by atoms with E-state index in [0.717, 1.165) is 30.9 Å². The Morgan fingerprint density at radius 1 is 1.13 bits per heavy atom. The zero-order valence-corrected chi connectivity index (χ0v) is 18.1. The molecule has 6 heteroatoms. The number of likely N-dealkylation sites (N-methyl/N-ethyl adjacent to an activating group) is 1. The lowest BCUT2D eigenvalue weighted by molar-refractivity contribution is 0.0579. The van der Waals surface area contributed by atoms with Crippen molar-refractivity contribution >= 4 is 11.7 Å². The van der Waals surface area contributed by atoms with E-state index in [1.54, 1.807) is 38.5 Å². The minimum absolute atomic E-state index is 0.0541. The number of rotatable bonds is 5. The van der Waals surface area contributed by atoms with E-state index in [1.165, 1.54) is 5.56 Å². The van der Waals surface area contributed by atoms with E-state index in [-0.39, 0.29) is 17.4 Å². The van der Waals surface area contributed by atoms with Crippen LogP contribution in [-0.2, 0) is 10.2 Å². The Kier molecular flexibility index (Phi) is 5.71. The van der Waals surface area contributed by atoms with Crippen molar-refractivity contribution in [1.82, 2.24) is 4.90 Å². The van der Waals surface area contributed by atoms with E-state index in [2.05, 4.69) is 35.0 Å². The number of nitrogens with zero attached hydrogens (tertiary/aromatic N) is 2. The summed E-state index contributed by atoms with van der Waals surface area (Å²) in [6.07, 6.45) is 4.53. The van der Waals surface area contributed by atoms with Gasteiger partial charge in [-0.15, -0.1) is 0 Å². The molecule has 0 amide bonds. The van der Waals surface area contributed by atoms with Crippen molar-refractivity contribution in [2.75, 3.05) is 27.8 Å². The highest BCUT2D eigenvalue weighted by atomic mass is 16.5. The predicted octanol–water partition coefficient (Wildman–Crippen LogP) is 4.73. The highest BCUT2D eigenvalue weighted by molar-refractivity contribution is 5.90. The summed E-state index contributed by atoms with van der Waals surface area (Å²) < 4.78 is 16.7. The molecule has 160 valence electrons. The van der Waals surface area contributed by atoms with Crippen molar-refractivity contribution in [1.29, 1.82) is 0 Å². The fourth-order valence-corrected chi connectivity index (χ4v) is 4.81. The van der Waals surface area contributed by atoms with Crippen molar-refractivity contribution in [3.05, 3.63) is 76.8 Å². The molecule has 2 aromatic carbocycles. The van der Waals surface area contributed by atoms with Crippen molar-refractivity contribution in [2.24, 2.45) is 0 Å². The summed E-state index contributed by atoms with van der Waals surface area (Å²) in [5.74, 6) is 1.76. The summed E-state index contributed by atoms with van der Waals surface area (Å²) in [6, 6.07) is 12.9. The Labute approximate surface area is 182 Å². The van der Waals surface area contributed by atoms with Crippen molar-refractivity contribution < 1.29 is 19.0 Å². The molecular weight excluding hydrogens is 392 g/mol. The highest BCUT2D eigenvalue weighted by Crippen LogP contribution is 2.49. The third-order valence-corrected chi connectivity index (χ3v) is 6.58. The summed E-state index contributed by atoms with van der Waals surface area (Å²) in [5.41, 5.74) is 2.11. The van der Waals surface area contributed by atoms with Gasteiger partial charge in [0.2, 0.25) is 0 Å². The van der Waals surface area contributed by atoms with Gasteiger partial charge in [-0.2, -0.15) is 0 Å². The first kappa shape index (κ1) is 21.0. The number of esters is 1. The summed E-state index contributed by atoms with van der Waals surface area (Å²) >= 11 is 0. The monoisotopic (exact) mass is 418 g/mol. The molecule has 6 nitrogen and oxygen atoms in total. The van der Waals surface area contributed by atoms with Crippen LogP contribution in [0, 0.1) is 6.57 Å². The fourth-order valence-electron chi connectivity index (χ4n) is 4.81. The molecule has 2 aliphatic rings. The van der Waals surface area contributed by atoms with Gasteiger partial charge in [0.05, 0.1) is 26.4 Å². The quantitative estimate of drug-likeness (QED) is 0.519. The Balaban J connectivity index is 1.58. The molecule has 0 spiro atoms. The first-order valence-electron chi connectivity index (χ1n) is 10.3. The van der Waals surface area contributed by atoms with Gasteiger partial charge in [-0.1, -0.05) is 30.3 Å². The lowest BCUT2D eigenvalue weighted by Gasteiger charge is -2.40. The molecule has 0 saturated carbocycles. The fraction of sp³-hybridized carbons (Fsp3) is 0.360. The zero-order valence-electron chi connectivity index (χ0n) is 18.1. The molecule has 1 fully saturated rings. The Morgan fingerprint density at radius 3 is 2.55 bits per heavy atom. The van der Waals surface area contributed by atoms with Crippen LogP contribution in [0.3, 0.4) is 0 Å². The van der Waals surface area contributed by atoms with Gasteiger partial charge in [0.1, 0.15) is 5.76 Å². The predicted molar refractivity (Wildman–Crippen MR) is 118 cm³/mol. The molecule has 1 heterocycles. The number of fused-ring (bicyclic) bond motifs is 1. The van der Waals surface area contributed by atoms with Crippen LogP contribution in [0.25, 0.3) is 4.85 Å². The molecule has 1 saturated heterocycles. The second kappa shape index (κ2) is 8.44. The first-order valence-corrected chi connectivity index (χ1v) is 10.3. The number of benzene rings is 2. The van der Waals surface area contributed by atoms with Crippen molar-refractivity contribution in [3.8, 4) is 11.5 Å². The first-order chi connectivity index (χ1) is 15.0. The van der Waals surface area contributed by atoms with Gasteiger partial charge in [-0.25, -0.2) is 9.64 Å². The topological polar surface area (TPSA) is 52.4 Å². The number of hydrogen-bond donors (Lipinski definition) is 0. The highest BCUT2D eigenvalue weighted by Gasteiger charge is 2.49. The molecule has 0 aromatic heterocycles. The minimum Gasteiger partial charge on any atom is -0.493 e. The standard InChI is InChI=1S/C25H26N2O4/c1-26-19-8-5-17(6-9-19)24(28)31-20-11-12-25(13-14-27(2)23(25)16-20)18-7-10-21(29-3)22(15-18)30-4/h5-11,15,23H,12-14,16H2,2-4H3. The van der Waals surface area contributed by atoms with E-state index in [9.17, 15) is 4.79 Å². The Bertz CT molecular complexity index is 1050. The summed E-state index contributed by atoms with van der Waals surface area (Å²) in [5, 5.41) is 0. The van der Waals surface area contributed by atoms with Gasteiger partial charge in [0, 0.05) is 17.9 Å². The summed E-state index contributed by atoms with van der Waals surface area (Å²) in [7, 11) is 5.42. The van der Waals surface area contributed by atoms with Crippen LogP contribution in [0.4, 0.5) is 5.69 Å². The van der Waals surface area contributed by atoms with E-state index in [0.29, 0.717) is 23.4 Å². The van der Waals surface area contributed by atoms with Gasteiger partial charge in [0.15, 0.2) is 17.2 Å². The molecule has 4 rings (SSSR count). The van der Waals surface area contributed by atoms with Crippen molar-refractivity contribution in [3.63, 3.8) is 0 Å². The Hall–Kier alpha value is -3.30. The molecule has 1 aliphatic carbocycles. The van der Waals surface area contributed by atoms with Crippen molar-refractivity contribution in [2.45, 2.75) is 30.7 Å². The number of allylic oxidation sites excluding steroid dienone is 1. The maximum absolute atomic E-state index is 12.6. The molecule has 1 aliphatic heterocycles. The molecule has 31 heavy (non-hydrogen) atoms. The molecule has 2 unspecified atom stereocenters. The van der Waals surface area contributed by atoms with Crippen LogP contribution in [0.1, 0.15) is 35.2 Å². The van der Waals surface area contributed by atoms with Gasteiger partial charge < -0.3 is 19.1 Å². The molecule has 0 N–H and O–H groups in total. The van der Waals surface area contributed by atoms with Gasteiger partial charge in [-0.05, 0) is 50.2 Å². The molecule has 0 bridgehead atoms. The summed E-state index contributed by atoms with van der Waals surface area (Å²) in [6.45, 7) is 8.01. The number of ether oxygens (including phenoxy) is 3. The zero-order chi connectivity index (χ0) is 22.0. The van der Waals surface area contributed by atoms with Gasteiger partial charge in [0.25, 0.3) is 0 Å². The third kappa shape index (κ3) is 3.77. The van der Waals surface area contributed by atoms with E-state index < -0.39 is 0 Å². The molecule has 0 radical (unpaired) electrons. The minimum atomic E-state index is -0.387. The Morgan fingerprint density at radius 2 is 1.87 bits per heavy atom. The van der Waals surface area contributed by atoms with Crippen LogP contribution in [0.5, 0.6) is 11.5 Å². The van der Waals surface area contributed by atoms with Crippen LogP contribution < -0.4 is 9.47 Å². The maximum Gasteiger partial charge on any atom is 0.343 e. The smallest absolute Gasteiger partial charge is 0.343 e. The number of carbonyl (C=O) groups is 1. The number of carbonyl (C=O) groups excluding carboxylic acids is 1. The van der Waals surface area contributed by atoms with Gasteiger partial charge in [-0.3, -0.25) is 0 Å². The second-order valence-electron chi connectivity index (χ2n) is 8.10. The van der Waals surface area contributed by atoms with Gasteiger partial charge >= 0.3 is 5.97 Å². The molecular formula is C25H26N2O4. The lowest BCUT2D eigenvalue weighted by atomic mass is 9.68. The van der Waals surface area contributed by atoms with Crippen LogP contribution in [0.2, 0.25) is 0 Å². The number of methoxy groups -OCH3 is 2. The normalized spacial score (nSPS) is 22.8. The summed E-state index contributed by atoms with van der Waals surface area (Å²) in [4.78, 5) is 18.3. The average Bonchev–Trinajstić information content (AvgIpc) is 3.15. The SMILES string of the molecule is [C-]#[N+]c1ccc(C(=O)OC2=CCC3(c4ccc(OC)c(OC)c4)CCN(C)C3C2)cc1. The van der Waals surface area contributed by atoms with E-state index in [4.69, 9.17) is 20.8 Å². The van der Waals surface area contributed by atoms with Crippen LogP contribution >= 0.6 is 0 Å². The van der Waals surface area contributed by atoms with E-state index in [1.807, 2.05) is 6.07 Å². The van der Waals surface area contributed by atoms with Crippen LogP contribution in [-0.4, -0.2) is 44.7 Å². The van der Waals surface area contributed by atoms with Crippen LogP contribution in [0.15, 0.2) is 54.3 Å². The second-order valence-corrected chi connectivity index (χ2v) is 8.10. The molecule has 2 atom stereocenters. The largest absolute Gasteiger partial charge is 0.493 e.